The molecule has 1 aliphatic heterocycles. The van der Waals surface area contributed by atoms with E-state index in [1.54, 1.807) is 18.3 Å². The number of nitrogens with zero attached hydrogens (tertiary/aromatic N) is 1. The number of Topliss-reactive ketones (excluding diaryl/α,β-unsaturated/α-hetero) is 1. The van der Waals surface area contributed by atoms with Gasteiger partial charge in [0.25, 0.3) is 0 Å². The number of hydrogen-bond donors (Lipinski definition) is 0. The highest BCUT2D eigenvalue weighted by Gasteiger charge is 2.26. The summed E-state index contributed by atoms with van der Waals surface area (Å²) in [6.07, 6.45) is 1.17. The van der Waals surface area contributed by atoms with Crippen LogP contribution in [0.1, 0.15) is 39.0 Å². The van der Waals surface area contributed by atoms with E-state index < -0.39 is 0 Å². The maximum atomic E-state index is 12.1. The van der Waals surface area contributed by atoms with E-state index >= 15 is 0 Å². The molecular weight excluding hydrogens is 270 g/mol. The summed E-state index contributed by atoms with van der Waals surface area (Å²) in [4.78, 5) is 27.5. The number of ketones is 1. The highest BCUT2D eigenvalue weighted by atomic mass is 35.5. The van der Waals surface area contributed by atoms with Crippen LogP contribution in [0, 0.1) is 6.92 Å². The molecule has 1 aromatic rings. The van der Waals surface area contributed by atoms with Gasteiger partial charge in [0.15, 0.2) is 5.78 Å². The molecule has 3 nitrogen and oxygen atoms in total. The fourth-order valence-electron chi connectivity index (χ4n) is 2.38. The Morgan fingerprint density at radius 2 is 2.17 bits per heavy atom. The van der Waals surface area contributed by atoms with Gasteiger partial charge in [0.05, 0.1) is 6.54 Å². The monoisotopic (exact) mass is 285 g/mol. The van der Waals surface area contributed by atoms with Crippen LogP contribution in [0.4, 0.5) is 0 Å². The summed E-state index contributed by atoms with van der Waals surface area (Å²) in [7, 11) is 0. The first kappa shape index (κ1) is 13.6. The van der Waals surface area contributed by atoms with Crippen LogP contribution in [0.25, 0.3) is 0 Å². The Bertz CT molecular complexity index is 495. The minimum atomic E-state index is 0.0975. The predicted molar refractivity (Wildman–Crippen MR) is 73.5 cm³/mol. The number of hydrogen-bond acceptors (Lipinski definition) is 3. The SMILES string of the molecule is CC(=O)N1CCc2c(sc(C)c2C(=O)CCCl)C1. The van der Waals surface area contributed by atoms with Gasteiger partial charge in [-0.25, -0.2) is 0 Å². The smallest absolute Gasteiger partial charge is 0.219 e. The molecule has 0 atom stereocenters. The van der Waals surface area contributed by atoms with E-state index in [2.05, 4.69) is 0 Å². The van der Waals surface area contributed by atoms with Crippen LogP contribution in [-0.4, -0.2) is 29.0 Å². The molecule has 0 radical (unpaired) electrons. The average Bonchev–Trinajstić information content (AvgIpc) is 2.63. The van der Waals surface area contributed by atoms with Gasteiger partial charge in [0.1, 0.15) is 0 Å². The Hall–Kier alpha value is -0.870. The minimum absolute atomic E-state index is 0.0975. The lowest BCUT2D eigenvalue weighted by Gasteiger charge is -2.26. The second-order valence-electron chi connectivity index (χ2n) is 4.49. The van der Waals surface area contributed by atoms with Crippen molar-refractivity contribution < 1.29 is 9.59 Å². The van der Waals surface area contributed by atoms with Crippen molar-refractivity contribution in [2.75, 3.05) is 12.4 Å². The minimum Gasteiger partial charge on any atom is -0.337 e. The van der Waals surface area contributed by atoms with Crippen molar-refractivity contribution >= 4 is 34.6 Å². The molecule has 18 heavy (non-hydrogen) atoms. The van der Waals surface area contributed by atoms with E-state index in [9.17, 15) is 9.59 Å². The zero-order valence-electron chi connectivity index (χ0n) is 10.6. The van der Waals surface area contributed by atoms with E-state index in [0.29, 0.717) is 25.4 Å². The Kier molecular flexibility index (Phi) is 4.07. The third-order valence-electron chi connectivity index (χ3n) is 3.28. The van der Waals surface area contributed by atoms with Crippen molar-refractivity contribution in [3.05, 3.63) is 20.9 Å². The molecular formula is C13H16ClNO2S. The van der Waals surface area contributed by atoms with Crippen molar-refractivity contribution in [1.82, 2.24) is 4.90 Å². The molecule has 1 aromatic heterocycles. The van der Waals surface area contributed by atoms with Crippen LogP contribution >= 0.6 is 22.9 Å². The highest BCUT2D eigenvalue weighted by Crippen LogP contribution is 2.33. The number of carbonyl (C=O) groups excluding carboxylic acids is 2. The van der Waals surface area contributed by atoms with E-state index in [4.69, 9.17) is 11.6 Å². The molecule has 0 aliphatic carbocycles. The van der Waals surface area contributed by atoms with E-state index in [1.807, 2.05) is 11.8 Å². The van der Waals surface area contributed by atoms with Gasteiger partial charge in [-0.1, -0.05) is 0 Å². The summed E-state index contributed by atoms with van der Waals surface area (Å²) in [5.41, 5.74) is 2.00. The molecule has 0 fully saturated rings. The molecule has 2 rings (SSSR count). The molecule has 5 heteroatoms. The van der Waals surface area contributed by atoms with Crippen molar-refractivity contribution in [3.8, 4) is 0 Å². The summed E-state index contributed by atoms with van der Waals surface area (Å²) in [5, 5.41) is 0. The molecule has 0 aromatic carbocycles. The van der Waals surface area contributed by atoms with Crippen LogP contribution in [0.5, 0.6) is 0 Å². The number of carbonyl (C=O) groups is 2. The molecule has 0 saturated heterocycles. The van der Waals surface area contributed by atoms with Gasteiger partial charge in [-0.2, -0.15) is 0 Å². The summed E-state index contributed by atoms with van der Waals surface area (Å²) in [5.74, 6) is 0.597. The van der Waals surface area contributed by atoms with E-state index in [-0.39, 0.29) is 11.7 Å². The highest BCUT2D eigenvalue weighted by molar-refractivity contribution is 7.12. The average molecular weight is 286 g/mol. The zero-order chi connectivity index (χ0) is 13.3. The molecule has 1 aliphatic rings. The maximum absolute atomic E-state index is 12.1. The summed E-state index contributed by atoms with van der Waals surface area (Å²) in [6.45, 7) is 4.91. The van der Waals surface area contributed by atoms with Gasteiger partial charge in [0, 0.05) is 41.1 Å². The lowest BCUT2D eigenvalue weighted by molar-refractivity contribution is -0.129. The number of aryl methyl sites for hydroxylation is 1. The van der Waals surface area contributed by atoms with E-state index in [0.717, 1.165) is 27.3 Å². The van der Waals surface area contributed by atoms with Crippen LogP contribution in [0.15, 0.2) is 0 Å². The van der Waals surface area contributed by atoms with Gasteiger partial charge in [-0.15, -0.1) is 22.9 Å². The Morgan fingerprint density at radius 3 is 2.78 bits per heavy atom. The lowest BCUT2D eigenvalue weighted by atomic mass is 9.98. The van der Waals surface area contributed by atoms with Crippen LogP contribution in [-0.2, 0) is 17.8 Å². The number of alkyl halides is 1. The first-order valence-electron chi connectivity index (χ1n) is 6.00. The Balaban J connectivity index is 2.31. The van der Waals surface area contributed by atoms with Gasteiger partial charge in [-0.05, 0) is 18.9 Å². The number of halogens is 1. The fraction of sp³-hybridized carbons (Fsp3) is 0.538. The molecule has 0 N–H and O–H groups in total. The fourth-order valence-corrected chi connectivity index (χ4v) is 3.81. The van der Waals surface area contributed by atoms with Gasteiger partial charge >= 0.3 is 0 Å². The van der Waals surface area contributed by atoms with E-state index in [1.165, 1.54) is 0 Å². The number of thiophene rings is 1. The standard InChI is InChI=1S/C13H16ClNO2S/c1-8-13(11(17)3-5-14)10-4-6-15(9(2)16)7-12(10)18-8/h3-7H2,1-2H3. The summed E-state index contributed by atoms with van der Waals surface area (Å²) < 4.78 is 0. The normalized spacial score (nSPS) is 14.5. The quantitative estimate of drug-likeness (QED) is 0.633. The largest absolute Gasteiger partial charge is 0.337 e. The van der Waals surface area contributed by atoms with Gasteiger partial charge in [0.2, 0.25) is 5.91 Å². The molecule has 0 unspecified atom stereocenters. The van der Waals surface area contributed by atoms with Crippen molar-refractivity contribution in [2.24, 2.45) is 0 Å². The molecule has 98 valence electrons. The third-order valence-corrected chi connectivity index (χ3v) is 4.60. The van der Waals surface area contributed by atoms with Crippen LogP contribution in [0.3, 0.4) is 0 Å². The first-order valence-corrected chi connectivity index (χ1v) is 7.35. The molecule has 0 saturated carbocycles. The van der Waals surface area contributed by atoms with Crippen molar-refractivity contribution in [3.63, 3.8) is 0 Å². The third kappa shape index (κ3) is 2.45. The molecule has 2 heterocycles. The molecule has 1 amide bonds. The number of fused-ring (bicyclic) bond motifs is 1. The Labute approximate surface area is 116 Å². The van der Waals surface area contributed by atoms with Gasteiger partial charge < -0.3 is 4.90 Å². The molecule has 0 spiro atoms. The molecule has 0 bridgehead atoms. The van der Waals surface area contributed by atoms with Gasteiger partial charge in [-0.3, -0.25) is 9.59 Å². The zero-order valence-corrected chi connectivity index (χ0v) is 12.2. The number of rotatable bonds is 3. The predicted octanol–water partition coefficient (Wildman–Crippen LogP) is 2.77. The Morgan fingerprint density at radius 1 is 1.44 bits per heavy atom. The van der Waals surface area contributed by atoms with Crippen molar-refractivity contribution in [2.45, 2.75) is 33.2 Å². The van der Waals surface area contributed by atoms with Crippen molar-refractivity contribution in [1.29, 1.82) is 0 Å². The first-order chi connectivity index (χ1) is 8.54. The summed E-state index contributed by atoms with van der Waals surface area (Å²) in [6, 6.07) is 0. The second kappa shape index (κ2) is 5.41. The van der Waals surface area contributed by atoms with Crippen LogP contribution < -0.4 is 0 Å². The second-order valence-corrected chi connectivity index (χ2v) is 6.17. The number of amides is 1. The lowest BCUT2D eigenvalue weighted by Crippen LogP contribution is -2.33. The maximum Gasteiger partial charge on any atom is 0.219 e. The topological polar surface area (TPSA) is 37.4 Å². The van der Waals surface area contributed by atoms with Crippen LogP contribution in [0.2, 0.25) is 0 Å². The summed E-state index contributed by atoms with van der Waals surface area (Å²) >= 11 is 7.28.